The summed E-state index contributed by atoms with van der Waals surface area (Å²) < 4.78 is 5.58. The molecule has 2 heteroatoms. The van der Waals surface area contributed by atoms with Gasteiger partial charge >= 0.3 is 0 Å². The first-order valence-electron chi connectivity index (χ1n) is 5.72. The van der Waals surface area contributed by atoms with Crippen molar-refractivity contribution in [2.75, 3.05) is 18.5 Å². The van der Waals surface area contributed by atoms with Gasteiger partial charge in [0.1, 0.15) is 0 Å². The molecule has 0 N–H and O–H groups in total. The lowest BCUT2D eigenvalue weighted by atomic mass is 10.1. The van der Waals surface area contributed by atoms with Gasteiger partial charge < -0.3 is 4.74 Å². The van der Waals surface area contributed by atoms with Gasteiger partial charge in [-0.3, -0.25) is 0 Å². The van der Waals surface area contributed by atoms with Crippen molar-refractivity contribution < 1.29 is 4.74 Å². The maximum absolute atomic E-state index is 5.58. The van der Waals surface area contributed by atoms with Gasteiger partial charge in [-0.25, -0.2) is 0 Å². The molecule has 1 nitrogen and oxygen atoms in total. The lowest BCUT2D eigenvalue weighted by molar-refractivity contribution is 0.130. The van der Waals surface area contributed by atoms with E-state index in [1.165, 1.54) is 5.56 Å². The van der Waals surface area contributed by atoms with Gasteiger partial charge in [-0.2, -0.15) is 0 Å². The largest absolute Gasteiger partial charge is 0.377 e. The maximum atomic E-state index is 5.58. The summed E-state index contributed by atoms with van der Waals surface area (Å²) in [7, 11) is 0. The molecule has 0 spiro atoms. The van der Waals surface area contributed by atoms with E-state index < -0.39 is 0 Å². The Morgan fingerprint density at radius 3 is 2.69 bits per heavy atom. The van der Waals surface area contributed by atoms with Crippen molar-refractivity contribution >= 4 is 22.0 Å². The summed E-state index contributed by atoms with van der Waals surface area (Å²) in [4.78, 5) is 0. The maximum Gasteiger partial charge on any atom is 0.0650 e. The third-order valence-electron chi connectivity index (χ3n) is 2.47. The molecular formula is C14H19BrO. The molecule has 0 bridgehead atoms. The summed E-state index contributed by atoms with van der Waals surface area (Å²) in [5.74, 6) is 0.630. The van der Waals surface area contributed by atoms with Gasteiger partial charge in [-0.05, 0) is 11.5 Å². The third kappa shape index (κ3) is 5.47. The van der Waals surface area contributed by atoms with Crippen LogP contribution in [0.5, 0.6) is 0 Å². The average Bonchev–Trinajstić information content (AvgIpc) is 2.35. The second-order valence-corrected chi connectivity index (χ2v) is 4.43. The van der Waals surface area contributed by atoms with Crippen LogP contribution in [0.3, 0.4) is 0 Å². The molecule has 0 aliphatic heterocycles. The van der Waals surface area contributed by atoms with Crippen LogP contribution in [0.4, 0.5) is 0 Å². The fraction of sp³-hybridized carbons (Fsp3) is 0.429. The van der Waals surface area contributed by atoms with Crippen LogP contribution in [0.25, 0.3) is 6.08 Å². The van der Waals surface area contributed by atoms with Crippen LogP contribution in [0.2, 0.25) is 0 Å². The predicted octanol–water partition coefficient (Wildman–Crippen LogP) is 4.14. The van der Waals surface area contributed by atoms with Gasteiger partial charge in [-0.15, -0.1) is 0 Å². The number of ether oxygens (including phenoxy) is 1. The highest BCUT2D eigenvalue weighted by atomic mass is 79.9. The molecule has 16 heavy (non-hydrogen) atoms. The first-order chi connectivity index (χ1) is 7.86. The highest BCUT2D eigenvalue weighted by Gasteiger charge is 2.02. The van der Waals surface area contributed by atoms with Gasteiger partial charge in [0.05, 0.1) is 13.2 Å². The number of benzene rings is 1. The van der Waals surface area contributed by atoms with E-state index in [4.69, 9.17) is 4.74 Å². The standard InChI is InChI=1S/C14H19BrO/c1-2-13(11-15)12-16-10-6-9-14-7-4-3-5-8-14/h3-9,13H,2,10-12H2,1H3. The van der Waals surface area contributed by atoms with E-state index in [1.807, 2.05) is 18.2 Å². The summed E-state index contributed by atoms with van der Waals surface area (Å²) in [5.41, 5.74) is 1.22. The topological polar surface area (TPSA) is 9.23 Å². The lowest BCUT2D eigenvalue weighted by Crippen LogP contribution is -2.09. The fourth-order valence-corrected chi connectivity index (χ4v) is 1.97. The number of hydrogen-bond donors (Lipinski definition) is 0. The quantitative estimate of drug-likeness (QED) is 0.540. The second kappa shape index (κ2) is 8.54. The molecule has 0 fully saturated rings. The molecule has 0 aromatic heterocycles. The van der Waals surface area contributed by atoms with E-state index in [1.54, 1.807) is 0 Å². The van der Waals surface area contributed by atoms with Crippen molar-refractivity contribution in [3.8, 4) is 0 Å². The molecule has 0 heterocycles. The first-order valence-corrected chi connectivity index (χ1v) is 6.84. The highest BCUT2D eigenvalue weighted by molar-refractivity contribution is 9.09. The third-order valence-corrected chi connectivity index (χ3v) is 3.39. The summed E-state index contributed by atoms with van der Waals surface area (Å²) in [6.45, 7) is 3.72. The van der Waals surface area contributed by atoms with Gasteiger partial charge in [0.15, 0.2) is 0 Å². The molecule has 0 aliphatic carbocycles. The van der Waals surface area contributed by atoms with Crippen molar-refractivity contribution in [1.82, 2.24) is 0 Å². The molecule has 1 rings (SSSR count). The van der Waals surface area contributed by atoms with Gasteiger partial charge in [0.2, 0.25) is 0 Å². The van der Waals surface area contributed by atoms with E-state index in [9.17, 15) is 0 Å². The second-order valence-electron chi connectivity index (χ2n) is 3.78. The Hall–Kier alpha value is -0.600. The minimum absolute atomic E-state index is 0.630. The fourth-order valence-electron chi connectivity index (χ4n) is 1.32. The zero-order valence-electron chi connectivity index (χ0n) is 9.73. The molecule has 88 valence electrons. The number of rotatable bonds is 7. The van der Waals surface area contributed by atoms with Crippen LogP contribution in [0.1, 0.15) is 18.9 Å². The normalized spacial score (nSPS) is 13.1. The molecule has 0 saturated carbocycles. The van der Waals surface area contributed by atoms with Crippen LogP contribution in [-0.4, -0.2) is 18.5 Å². The van der Waals surface area contributed by atoms with E-state index in [0.29, 0.717) is 12.5 Å². The minimum atomic E-state index is 0.630. The van der Waals surface area contributed by atoms with Crippen LogP contribution in [0, 0.1) is 5.92 Å². The SMILES string of the molecule is CCC(CBr)COCC=Cc1ccccc1. The van der Waals surface area contributed by atoms with Gasteiger partial charge in [-0.1, -0.05) is 71.8 Å². The van der Waals surface area contributed by atoms with E-state index in [2.05, 4.69) is 47.1 Å². The summed E-state index contributed by atoms with van der Waals surface area (Å²) in [6.07, 6.45) is 5.32. The Morgan fingerprint density at radius 1 is 1.31 bits per heavy atom. The molecule has 1 aromatic rings. The zero-order valence-corrected chi connectivity index (χ0v) is 11.3. The lowest BCUT2D eigenvalue weighted by Gasteiger charge is -2.10. The van der Waals surface area contributed by atoms with Crippen LogP contribution < -0.4 is 0 Å². The Kier molecular flexibility index (Phi) is 7.19. The number of hydrogen-bond acceptors (Lipinski definition) is 1. The minimum Gasteiger partial charge on any atom is -0.377 e. The molecule has 0 saturated heterocycles. The summed E-state index contributed by atoms with van der Waals surface area (Å²) in [6, 6.07) is 10.3. The molecule has 1 aromatic carbocycles. The van der Waals surface area contributed by atoms with Crippen LogP contribution >= 0.6 is 15.9 Å². The van der Waals surface area contributed by atoms with Crippen molar-refractivity contribution in [2.45, 2.75) is 13.3 Å². The Morgan fingerprint density at radius 2 is 2.06 bits per heavy atom. The molecular weight excluding hydrogens is 264 g/mol. The molecule has 0 radical (unpaired) electrons. The van der Waals surface area contributed by atoms with Crippen LogP contribution in [-0.2, 0) is 4.74 Å². The monoisotopic (exact) mass is 282 g/mol. The molecule has 1 unspecified atom stereocenters. The van der Waals surface area contributed by atoms with Crippen molar-refractivity contribution in [3.63, 3.8) is 0 Å². The van der Waals surface area contributed by atoms with Crippen LogP contribution in [0.15, 0.2) is 36.4 Å². The highest BCUT2D eigenvalue weighted by Crippen LogP contribution is 2.07. The Labute approximate surface area is 107 Å². The van der Waals surface area contributed by atoms with Gasteiger partial charge in [0.25, 0.3) is 0 Å². The average molecular weight is 283 g/mol. The van der Waals surface area contributed by atoms with Crippen molar-refractivity contribution in [3.05, 3.63) is 42.0 Å². The smallest absolute Gasteiger partial charge is 0.0650 e. The van der Waals surface area contributed by atoms with E-state index in [-0.39, 0.29) is 0 Å². The molecule has 0 amide bonds. The predicted molar refractivity (Wildman–Crippen MR) is 73.9 cm³/mol. The number of alkyl halides is 1. The van der Waals surface area contributed by atoms with Crippen molar-refractivity contribution in [2.24, 2.45) is 5.92 Å². The Bertz CT molecular complexity index is 291. The number of halogens is 1. The van der Waals surface area contributed by atoms with Gasteiger partial charge in [0, 0.05) is 5.33 Å². The summed E-state index contributed by atoms with van der Waals surface area (Å²) >= 11 is 3.48. The molecule has 0 aliphatic rings. The van der Waals surface area contributed by atoms with E-state index >= 15 is 0 Å². The first kappa shape index (κ1) is 13.5. The van der Waals surface area contributed by atoms with Crippen molar-refractivity contribution in [1.29, 1.82) is 0 Å². The zero-order chi connectivity index (χ0) is 11.6. The van der Waals surface area contributed by atoms with E-state index in [0.717, 1.165) is 18.4 Å². The summed E-state index contributed by atoms with van der Waals surface area (Å²) in [5, 5.41) is 1.02. The Balaban J connectivity index is 2.18. The molecule has 1 atom stereocenters.